The summed E-state index contributed by atoms with van der Waals surface area (Å²) < 4.78 is 11.2. The lowest BCUT2D eigenvalue weighted by Gasteiger charge is -2.20. The lowest BCUT2D eigenvalue weighted by Crippen LogP contribution is -2.03. The van der Waals surface area contributed by atoms with Crippen molar-refractivity contribution in [2.45, 2.75) is 0 Å². The largest absolute Gasteiger partial charge is 0.453 e. The third-order valence-electron chi connectivity index (χ3n) is 9.11. The second-order valence-corrected chi connectivity index (χ2v) is 11.3. The number of fused-ring (bicyclic) bond motifs is 9. The van der Waals surface area contributed by atoms with Gasteiger partial charge in [-0.1, -0.05) is 103 Å². The molecule has 43 heavy (non-hydrogen) atoms. The molecule has 1 aliphatic heterocycles. The third-order valence-corrected chi connectivity index (χ3v) is 9.11. The molecule has 2 aromatic heterocycles. The van der Waals surface area contributed by atoms with Crippen molar-refractivity contribution in [3.05, 3.63) is 146 Å². The van der Waals surface area contributed by atoms with E-state index < -0.39 is 0 Å². The maximum Gasteiger partial charge on any atom is 0.152 e. The van der Waals surface area contributed by atoms with E-state index in [9.17, 15) is 0 Å². The molecular formula is C40H24N2O. The molecule has 7 aromatic carbocycles. The van der Waals surface area contributed by atoms with Crippen molar-refractivity contribution in [1.82, 2.24) is 9.13 Å². The highest BCUT2D eigenvalue weighted by Gasteiger charge is 2.25. The Morgan fingerprint density at radius 3 is 1.77 bits per heavy atom. The normalized spacial score (nSPS) is 12.4. The predicted molar refractivity (Wildman–Crippen MR) is 178 cm³/mol. The van der Waals surface area contributed by atoms with Gasteiger partial charge in [0.05, 0.1) is 33.4 Å². The van der Waals surface area contributed by atoms with E-state index in [0.717, 1.165) is 22.7 Å². The van der Waals surface area contributed by atoms with E-state index in [1.807, 2.05) is 12.1 Å². The minimum atomic E-state index is 0.881. The summed E-state index contributed by atoms with van der Waals surface area (Å²) in [6.07, 6.45) is 0. The zero-order valence-corrected chi connectivity index (χ0v) is 23.2. The Hall–Kier alpha value is -5.80. The van der Waals surface area contributed by atoms with Gasteiger partial charge in [-0.2, -0.15) is 0 Å². The molecule has 0 amide bonds. The van der Waals surface area contributed by atoms with Gasteiger partial charge in [0.25, 0.3) is 0 Å². The Morgan fingerprint density at radius 2 is 0.953 bits per heavy atom. The Bertz CT molecular complexity index is 2550. The molecule has 3 heteroatoms. The minimum Gasteiger partial charge on any atom is -0.453 e. The Kier molecular flexibility index (Phi) is 4.45. The van der Waals surface area contributed by atoms with Crippen LogP contribution in [0.2, 0.25) is 0 Å². The molecule has 10 rings (SSSR count). The third kappa shape index (κ3) is 2.98. The number of para-hydroxylation sites is 5. The summed E-state index contributed by atoms with van der Waals surface area (Å²) in [6, 6.07) is 52.3. The SMILES string of the molecule is c1ccc2c(c1)Oc1cccc3c4c(-c5ccc(-n6c7ccccc7c7ccccc76)c6ccccc56)cccc4n-2c13. The van der Waals surface area contributed by atoms with Crippen LogP contribution < -0.4 is 4.74 Å². The maximum absolute atomic E-state index is 6.40. The Balaban J connectivity index is 1.30. The fourth-order valence-corrected chi connectivity index (χ4v) is 7.38. The summed E-state index contributed by atoms with van der Waals surface area (Å²) in [7, 11) is 0. The van der Waals surface area contributed by atoms with Crippen molar-refractivity contribution in [2.75, 3.05) is 0 Å². The van der Waals surface area contributed by atoms with Gasteiger partial charge in [-0.3, -0.25) is 0 Å². The molecule has 0 aliphatic carbocycles. The fourth-order valence-electron chi connectivity index (χ4n) is 7.38. The number of rotatable bonds is 2. The molecule has 200 valence electrons. The summed E-state index contributed by atoms with van der Waals surface area (Å²) >= 11 is 0. The molecule has 0 bridgehead atoms. The van der Waals surface area contributed by atoms with E-state index in [1.54, 1.807) is 0 Å². The molecule has 0 saturated carbocycles. The molecule has 9 aromatic rings. The molecule has 0 fully saturated rings. The van der Waals surface area contributed by atoms with Crippen LogP contribution in [-0.4, -0.2) is 9.13 Å². The average Bonchev–Trinajstić information content (AvgIpc) is 3.59. The van der Waals surface area contributed by atoms with E-state index in [-0.39, 0.29) is 0 Å². The highest BCUT2D eigenvalue weighted by atomic mass is 16.5. The first-order chi connectivity index (χ1) is 21.4. The molecule has 0 unspecified atom stereocenters. The first kappa shape index (κ1) is 22.8. The zero-order chi connectivity index (χ0) is 28.1. The highest BCUT2D eigenvalue weighted by molar-refractivity contribution is 6.20. The maximum atomic E-state index is 6.40. The van der Waals surface area contributed by atoms with E-state index in [1.165, 1.54) is 65.7 Å². The molecule has 1 aliphatic rings. The van der Waals surface area contributed by atoms with Crippen LogP contribution in [0.15, 0.2) is 146 Å². The summed E-state index contributed by atoms with van der Waals surface area (Å²) in [5.74, 6) is 1.77. The number of hydrogen-bond acceptors (Lipinski definition) is 1. The number of aromatic nitrogens is 2. The summed E-state index contributed by atoms with van der Waals surface area (Å²) in [6.45, 7) is 0. The van der Waals surface area contributed by atoms with Gasteiger partial charge < -0.3 is 13.9 Å². The lowest BCUT2D eigenvalue weighted by atomic mass is 9.93. The van der Waals surface area contributed by atoms with E-state index in [4.69, 9.17) is 4.74 Å². The summed E-state index contributed by atoms with van der Waals surface area (Å²) in [5, 5.41) is 7.45. The van der Waals surface area contributed by atoms with E-state index >= 15 is 0 Å². The quantitative estimate of drug-likeness (QED) is 0.210. The van der Waals surface area contributed by atoms with Crippen molar-refractivity contribution >= 4 is 54.4 Å². The van der Waals surface area contributed by atoms with Crippen LogP contribution in [0.25, 0.3) is 76.9 Å². The van der Waals surface area contributed by atoms with Crippen molar-refractivity contribution in [3.63, 3.8) is 0 Å². The van der Waals surface area contributed by atoms with Gasteiger partial charge in [0, 0.05) is 26.9 Å². The average molecular weight is 549 g/mol. The van der Waals surface area contributed by atoms with Crippen molar-refractivity contribution in [3.8, 4) is 34.0 Å². The fraction of sp³-hybridized carbons (Fsp3) is 0. The number of hydrogen-bond donors (Lipinski definition) is 0. The number of nitrogens with zero attached hydrogens (tertiary/aromatic N) is 2. The molecule has 0 spiro atoms. The zero-order valence-electron chi connectivity index (χ0n) is 23.2. The molecule has 3 nitrogen and oxygen atoms in total. The molecular weight excluding hydrogens is 524 g/mol. The highest BCUT2D eigenvalue weighted by Crippen LogP contribution is 2.48. The van der Waals surface area contributed by atoms with Crippen molar-refractivity contribution in [1.29, 1.82) is 0 Å². The van der Waals surface area contributed by atoms with Crippen LogP contribution in [0, 0.1) is 0 Å². The lowest BCUT2D eigenvalue weighted by molar-refractivity contribution is 0.476. The van der Waals surface area contributed by atoms with Gasteiger partial charge in [-0.05, 0) is 59.0 Å². The van der Waals surface area contributed by atoms with Crippen LogP contribution in [0.4, 0.5) is 0 Å². The predicted octanol–water partition coefficient (Wildman–Crippen LogP) is 10.8. The van der Waals surface area contributed by atoms with Crippen LogP contribution in [-0.2, 0) is 0 Å². The van der Waals surface area contributed by atoms with Gasteiger partial charge >= 0.3 is 0 Å². The second-order valence-electron chi connectivity index (χ2n) is 11.3. The summed E-state index contributed by atoms with van der Waals surface area (Å²) in [5.41, 5.74) is 9.46. The van der Waals surface area contributed by atoms with Crippen LogP contribution in [0.1, 0.15) is 0 Å². The Labute approximate surface area is 247 Å². The number of ether oxygens (including phenoxy) is 1. The standard InChI is InChI=1S/C40H24N2O/c1-2-12-27-25(11-1)26(23-24-34(27)41-32-17-5-3-13-28(32)29-14-4-6-18-33(29)41)30-15-9-20-36-39(30)31-16-10-22-38-40(31)42(36)35-19-7-8-21-37(35)43-38/h1-24H. The molecule has 0 atom stereocenters. The topological polar surface area (TPSA) is 19.1 Å². The van der Waals surface area contributed by atoms with Gasteiger partial charge in [-0.25, -0.2) is 0 Å². The van der Waals surface area contributed by atoms with E-state index in [0.29, 0.717) is 0 Å². The second kappa shape index (κ2) is 8.37. The molecule has 0 radical (unpaired) electrons. The van der Waals surface area contributed by atoms with Crippen molar-refractivity contribution < 1.29 is 4.74 Å². The summed E-state index contributed by atoms with van der Waals surface area (Å²) in [4.78, 5) is 0. The van der Waals surface area contributed by atoms with Crippen LogP contribution in [0.5, 0.6) is 11.5 Å². The van der Waals surface area contributed by atoms with Gasteiger partial charge in [0.1, 0.15) is 0 Å². The van der Waals surface area contributed by atoms with E-state index in [2.05, 4.69) is 143 Å². The first-order valence-corrected chi connectivity index (χ1v) is 14.7. The monoisotopic (exact) mass is 548 g/mol. The van der Waals surface area contributed by atoms with Crippen LogP contribution in [0.3, 0.4) is 0 Å². The van der Waals surface area contributed by atoms with Gasteiger partial charge in [-0.15, -0.1) is 0 Å². The molecule has 0 saturated heterocycles. The van der Waals surface area contributed by atoms with Gasteiger partial charge in [0.15, 0.2) is 11.5 Å². The van der Waals surface area contributed by atoms with Crippen LogP contribution >= 0.6 is 0 Å². The smallest absolute Gasteiger partial charge is 0.152 e. The van der Waals surface area contributed by atoms with Gasteiger partial charge in [0.2, 0.25) is 0 Å². The Morgan fingerprint density at radius 1 is 0.349 bits per heavy atom. The number of benzene rings is 7. The minimum absolute atomic E-state index is 0.881. The molecule has 3 heterocycles. The van der Waals surface area contributed by atoms with Crippen molar-refractivity contribution in [2.24, 2.45) is 0 Å². The molecule has 0 N–H and O–H groups in total. The first-order valence-electron chi connectivity index (χ1n) is 14.7.